The molecule has 1 N–H and O–H groups in total. The maximum absolute atomic E-state index is 12.0. The number of amides is 2. The number of rotatable bonds is 4. The van der Waals surface area contributed by atoms with Crippen molar-refractivity contribution in [2.45, 2.75) is 32.1 Å². The molecule has 1 saturated heterocycles. The van der Waals surface area contributed by atoms with Crippen molar-refractivity contribution in [2.24, 2.45) is 0 Å². The van der Waals surface area contributed by atoms with E-state index in [1.54, 1.807) is 12.1 Å². The third kappa shape index (κ3) is 4.12. The van der Waals surface area contributed by atoms with Gasteiger partial charge < -0.3 is 14.6 Å². The topological polar surface area (TPSA) is 62.6 Å². The molecule has 1 aliphatic heterocycles. The molecule has 0 unspecified atom stereocenters. The van der Waals surface area contributed by atoms with Crippen molar-refractivity contribution in [3.63, 3.8) is 0 Å². The Morgan fingerprint density at radius 2 is 1.95 bits per heavy atom. The third-order valence-electron chi connectivity index (χ3n) is 3.33. The quantitative estimate of drug-likeness (QED) is 0.902. The van der Waals surface area contributed by atoms with Crippen molar-refractivity contribution in [2.75, 3.05) is 19.6 Å². The first kappa shape index (κ1) is 13.6. The molecule has 19 heavy (non-hydrogen) atoms. The van der Waals surface area contributed by atoms with Crippen LogP contribution in [0, 0.1) is 0 Å². The highest BCUT2D eigenvalue weighted by Crippen LogP contribution is 2.10. The average molecular weight is 264 g/mol. The molecular formula is C14H20N2O3. The van der Waals surface area contributed by atoms with Gasteiger partial charge in [-0.15, -0.1) is 0 Å². The second kappa shape index (κ2) is 6.97. The Hall–Kier alpha value is -1.78. The Morgan fingerprint density at radius 1 is 1.21 bits per heavy atom. The van der Waals surface area contributed by atoms with E-state index < -0.39 is 0 Å². The summed E-state index contributed by atoms with van der Waals surface area (Å²) in [6, 6.07) is 3.27. The molecule has 0 aliphatic carbocycles. The van der Waals surface area contributed by atoms with Crippen molar-refractivity contribution >= 4 is 11.8 Å². The van der Waals surface area contributed by atoms with E-state index >= 15 is 0 Å². The Morgan fingerprint density at radius 3 is 2.58 bits per heavy atom. The number of furan rings is 1. The first-order valence-corrected chi connectivity index (χ1v) is 6.87. The fourth-order valence-electron chi connectivity index (χ4n) is 2.26. The Labute approximate surface area is 113 Å². The van der Waals surface area contributed by atoms with Gasteiger partial charge in [0.2, 0.25) is 5.91 Å². The maximum atomic E-state index is 12.0. The van der Waals surface area contributed by atoms with Crippen LogP contribution in [0.1, 0.15) is 42.7 Å². The molecule has 5 nitrogen and oxygen atoms in total. The molecule has 1 aromatic rings. The molecule has 2 rings (SSSR count). The van der Waals surface area contributed by atoms with E-state index in [0.717, 1.165) is 25.9 Å². The van der Waals surface area contributed by atoms with Crippen LogP contribution in [0.25, 0.3) is 0 Å². The third-order valence-corrected chi connectivity index (χ3v) is 3.33. The minimum absolute atomic E-state index is 0.127. The minimum Gasteiger partial charge on any atom is -0.459 e. The van der Waals surface area contributed by atoms with Gasteiger partial charge in [-0.05, 0) is 25.0 Å². The first-order chi connectivity index (χ1) is 9.27. The van der Waals surface area contributed by atoms with Crippen LogP contribution in [-0.2, 0) is 4.79 Å². The van der Waals surface area contributed by atoms with Gasteiger partial charge in [0, 0.05) is 26.1 Å². The highest BCUT2D eigenvalue weighted by Gasteiger charge is 2.15. The molecule has 0 aromatic carbocycles. The van der Waals surface area contributed by atoms with Crippen molar-refractivity contribution in [3.05, 3.63) is 24.2 Å². The van der Waals surface area contributed by atoms with E-state index in [0.29, 0.717) is 13.0 Å². The lowest BCUT2D eigenvalue weighted by Gasteiger charge is -2.20. The van der Waals surface area contributed by atoms with Crippen LogP contribution in [-0.4, -0.2) is 36.3 Å². The fourth-order valence-corrected chi connectivity index (χ4v) is 2.26. The summed E-state index contributed by atoms with van der Waals surface area (Å²) >= 11 is 0. The summed E-state index contributed by atoms with van der Waals surface area (Å²) in [5.74, 6) is 0.137. The normalized spacial score (nSPS) is 15.9. The van der Waals surface area contributed by atoms with Crippen molar-refractivity contribution in [3.8, 4) is 0 Å². The predicted octanol–water partition coefficient (Wildman–Crippen LogP) is 1.80. The lowest BCUT2D eigenvalue weighted by molar-refractivity contribution is -0.131. The van der Waals surface area contributed by atoms with Gasteiger partial charge in [-0.25, -0.2) is 0 Å². The van der Waals surface area contributed by atoms with Crippen LogP contribution < -0.4 is 5.32 Å². The molecule has 0 radical (unpaired) electrons. The molecule has 0 spiro atoms. The second-order valence-electron chi connectivity index (χ2n) is 4.78. The number of hydrogen-bond acceptors (Lipinski definition) is 3. The molecule has 0 saturated carbocycles. The summed E-state index contributed by atoms with van der Waals surface area (Å²) in [4.78, 5) is 25.5. The SMILES string of the molecule is O=C(NCCC(=O)N1CCCCCC1)c1ccco1. The van der Waals surface area contributed by atoms with Crippen LogP contribution in [0.3, 0.4) is 0 Å². The van der Waals surface area contributed by atoms with Gasteiger partial charge in [-0.2, -0.15) is 0 Å². The van der Waals surface area contributed by atoms with E-state index in [9.17, 15) is 9.59 Å². The number of carbonyl (C=O) groups excluding carboxylic acids is 2. The summed E-state index contributed by atoms with van der Waals surface area (Å²) in [6.45, 7) is 2.06. The molecule has 2 amide bonds. The van der Waals surface area contributed by atoms with E-state index in [1.807, 2.05) is 4.90 Å². The van der Waals surface area contributed by atoms with Crippen LogP contribution in [0.15, 0.2) is 22.8 Å². The summed E-state index contributed by atoms with van der Waals surface area (Å²) < 4.78 is 4.98. The molecule has 0 atom stereocenters. The van der Waals surface area contributed by atoms with Gasteiger partial charge in [0.15, 0.2) is 5.76 Å². The molecule has 2 heterocycles. The zero-order chi connectivity index (χ0) is 13.5. The average Bonchev–Trinajstić information content (AvgIpc) is 2.81. The monoisotopic (exact) mass is 264 g/mol. The van der Waals surface area contributed by atoms with Gasteiger partial charge in [0.25, 0.3) is 5.91 Å². The second-order valence-corrected chi connectivity index (χ2v) is 4.78. The van der Waals surface area contributed by atoms with Crippen molar-refractivity contribution in [1.29, 1.82) is 0 Å². The molecule has 104 valence electrons. The Balaban J connectivity index is 1.70. The van der Waals surface area contributed by atoms with Crippen LogP contribution in [0.5, 0.6) is 0 Å². The van der Waals surface area contributed by atoms with Gasteiger partial charge >= 0.3 is 0 Å². The van der Waals surface area contributed by atoms with Crippen molar-refractivity contribution in [1.82, 2.24) is 10.2 Å². The number of carbonyl (C=O) groups is 2. The molecule has 5 heteroatoms. The van der Waals surface area contributed by atoms with E-state index in [2.05, 4.69) is 5.32 Å². The first-order valence-electron chi connectivity index (χ1n) is 6.87. The van der Waals surface area contributed by atoms with Crippen LogP contribution in [0.4, 0.5) is 0 Å². The minimum atomic E-state index is -0.270. The summed E-state index contributed by atoms with van der Waals surface area (Å²) in [5.41, 5.74) is 0. The summed E-state index contributed by atoms with van der Waals surface area (Å²) in [6.07, 6.45) is 6.40. The highest BCUT2D eigenvalue weighted by atomic mass is 16.3. The fraction of sp³-hybridized carbons (Fsp3) is 0.571. The largest absolute Gasteiger partial charge is 0.459 e. The van der Waals surface area contributed by atoms with Gasteiger partial charge in [-0.3, -0.25) is 9.59 Å². The summed E-state index contributed by atoms with van der Waals surface area (Å²) in [5, 5.41) is 2.69. The maximum Gasteiger partial charge on any atom is 0.286 e. The zero-order valence-electron chi connectivity index (χ0n) is 11.1. The molecule has 1 aliphatic rings. The zero-order valence-corrected chi connectivity index (χ0v) is 11.1. The van der Waals surface area contributed by atoms with E-state index in [1.165, 1.54) is 19.1 Å². The van der Waals surface area contributed by atoms with E-state index in [4.69, 9.17) is 4.42 Å². The summed E-state index contributed by atoms with van der Waals surface area (Å²) in [7, 11) is 0. The highest BCUT2D eigenvalue weighted by molar-refractivity contribution is 5.91. The van der Waals surface area contributed by atoms with Crippen LogP contribution in [0.2, 0.25) is 0 Å². The number of likely N-dealkylation sites (tertiary alicyclic amines) is 1. The molecule has 1 aromatic heterocycles. The number of nitrogens with zero attached hydrogens (tertiary/aromatic N) is 1. The van der Waals surface area contributed by atoms with Gasteiger partial charge in [-0.1, -0.05) is 12.8 Å². The lowest BCUT2D eigenvalue weighted by atomic mass is 10.2. The smallest absolute Gasteiger partial charge is 0.286 e. The molecule has 0 bridgehead atoms. The van der Waals surface area contributed by atoms with Gasteiger partial charge in [0.1, 0.15) is 0 Å². The lowest BCUT2D eigenvalue weighted by Crippen LogP contribution is -2.35. The predicted molar refractivity (Wildman–Crippen MR) is 70.7 cm³/mol. The Kier molecular flexibility index (Phi) is 5.01. The van der Waals surface area contributed by atoms with Crippen LogP contribution >= 0.6 is 0 Å². The van der Waals surface area contributed by atoms with E-state index in [-0.39, 0.29) is 17.6 Å². The Bertz CT molecular complexity index is 406. The van der Waals surface area contributed by atoms with Gasteiger partial charge in [0.05, 0.1) is 6.26 Å². The number of nitrogens with one attached hydrogen (secondary N) is 1. The number of hydrogen-bond donors (Lipinski definition) is 1. The molecular weight excluding hydrogens is 244 g/mol. The standard InChI is InChI=1S/C14H20N2O3/c17-13(16-9-3-1-2-4-10-16)7-8-15-14(18)12-6-5-11-19-12/h5-6,11H,1-4,7-10H2,(H,15,18). The van der Waals surface area contributed by atoms with Crippen molar-refractivity contribution < 1.29 is 14.0 Å². The molecule has 1 fully saturated rings.